The van der Waals surface area contributed by atoms with Crippen molar-refractivity contribution < 1.29 is 9.90 Å². The van der Waals surface area contributed by atoms with E-state index >= 15 is 0 Å². The average Bonchev–Trinajstić information content (AvgIpc) is 2.42. The van der Waals surface area contributed by atoms with Gasteiger partial charge < -0.3 is 5.11 Å². The van der Waals surface area contributed by atoms with Crippen molar-refractivity contribution in [3.05, 3.63) is 42.2 Å². The Kier molecular flexibility index (Phi) is 4.99. The van der Waals surface area contributed by atoms with Crippen molar-refractivity contribution in [1.29, 1.82) is 0 Å². The summed E-state index contributed by atoms with van der Waals surface area (Å²) >= 11 is 0. The Morgan fingerprint density at radius 1 is 1.17 bits per heavy atom. The number of rotatable bonds is 2. The molecule has 0 fully saturated rings. The van der Waals surface area contributed by atoms with Crippen molar-refractivity contribution in [2.24, 2.45) is 0 Å². The Morgan fingerprint density at radius 3 is 2.33 bits per heavy atom. The fourth-order valence-electron chi connectivity index (χ4n) is 1.35. The van der Waals surface area contributed by atoms with Crippen molar-refractivity contribution in [1.82, 2.24) is 9.97 Å². The minimum Gasteiger partial charge on any atom is -0.505 e. The Morgan fingerprint density at radius 2 is 1.78 bits per heavy atom. The summed E-state index contributed by atoms with van der Waals surface area (Å²) in [5.41, 5.74) is 1.38. The molecule has 0 saturated heterocycles. The lowest BCUT2D eigenvalue weighted by Gasteiger charge is -2.01. The van der Waals surface area contributed by atoms with E-state index < -0.39 is 0 Å². The molecule has 0 aliphatic rings. The fraction of sp³-hybridized carbons (Fsp3) is 0.214. The zero-order valence-electron chi connectivity index (χ0n) is 10.7. The summed E-state index contributed by atoms with van der Waals surface area (Å²) in [6.07, 6.45) is 2.64. The molecule has 0 unspecified atom stereocenters. The van der Waals surface area contributed by atoms with Crippen molar-refractivity contribution in [2.75, 3.05) is 0 Å². The Hall–Kier alpha value is -2.23. The molecule has 1 aromatic heterocycles. The molecule has 0 spiro atoms. The molecule has 0 aliphatic heterocycles. The Labute approximate surface area is 106 Å². The number of hydrogen-bond acceptors (Lipinski definition) is 4. The van der Waals surface area contributed by atoms with Gasteiger partial charge in [-0.3, -0.25) is 4.79 Å². The number of Topliss-reactive ketones (excluding diaryl/α,β-unsaturated/α-hetero) is 1. The number of aromatic nitrogens is 2. The van der Waals surface area contributed by atoms with E-state index in [4.69, 9.17) is 5.11 Å². The molecule has 4 nitrogen and oxygen atoms in total. The summed E-state index contributed by atoms with van der Waals surface area (Å²) in [6.45, 7) is 5.51. The average molecular weight is 244 g/mol. The molecule has 0 saturated carbocycles. The summed E-state index contributed by atoms with van der Waals surface area (Å²) in [4.78, 5) is 19.2. The normalized spacial score (nSPS) is 9.28. The maximum Gasteiger partial charge on any atom is 0.159 e. The predicted octanol–water partition coefficient (Wildman–Crippen LogP) is 3.08. The van der Waals surface area contributed by atoms with Crippen LogP contribution in [-0.4, -0.2) is 20.9 Å². The fourth-order valence-corrected chi connectivity index (χ4v) is 1.35. The molecule has 0 radical (unpaired) electrons. The number of carbonyl (C=O) groups is 1. The van der Waals surface area contributed by atoms with Crippen LogP contribution in [0.5, 0.6) is 5.75 Å². The van der Waals surface area contributed by atoms with Crippen LogP contribution in [-0.2, 0) is 0 Å². The molecular weight excluding hydrogens is 228 g/mol. The van der Waals surface area contributed by atoms with Gasteiger partial charge in [0.05, 0.1) is 12.4 Å². The van der Waals surface area contributed by atoms with Crippen LogP contribution in [0.4, 0.5) is 0 Å². The van der Waals surface area contributed by atoms with Crippen molar-refractivity contribution in [2.45, 2.75) is 20.8 Å². The van der Waals surface area contributed by atoms with Gasteiger partial charge in [-0.1, -0.05) is 32.0 Å². The maximum absolute atomic E-state index is 11.2. The van der Waals surface area contributed by atoms with Crippen LogP contribution in [0.3, 0.4) is 0 Å². The number of nitrogens with zero attached hydrogens (tertiary/aromatic N) is 2. The number of ketones is 1. The quantitative estimate of drug-likeness (QED) is 0.824. The molecule has 1 heterocycles. The highest BCUT2D eigenvalue weighted by Crippen LogP contribution is 2.17. The molecule has 4 heteroatoms. The van der Waals surface area contributed by atoms with Crippen LogP contribution in [0.2, 0.25) is 0 Å². The first-order valence-corrected chi connectivity index (χ1v) is 5.79. The molecule has 2 rings (SSSR count). The van der Waals surface area contributed by atoms with Crippen molar-refractivity contribution in [3.8, 4) is 17.1 Å². The van der Waals surface area contributed by atoms with E-state index in [1.165, 1.54) is 19.3 Å². The standard InChI is InChI=1S/C12H10N2O2.C2H6/c1-8(15)9-3-2-4-10(5-9)12-13-6-11(16)7-14-12;1-2/h2-7,16H,1H3;1-2H3. The molecule has 0 atom stereocenters. The van der Waals surface area contributed by atoms with E-state index in [9.17, 15) is 4.79 Å². The molecule has 2 aromatic rings. The Balaban J connectivity index is 0.000000771. The third-order valence-electron chi connectivity index (χ3n) is 2.17. The zero-order valence-corrected chi connectivity index (χ0v) is 10.7. The van der Waals surface area contributed by atoms with Gasteiger partial charge in [0.15, 0.2) is 17.4 Å². The first-order chi connectivity index (χ1) is 8.66. The SMILES string of the molecule is CC.CC(=O)c1cccc(-c2ncc(O)cn2)c1. The molecular formula is C14H16N2O2. The van der Waals surface area contributed by atoms with Crippen LogP contribution in [0, 0.1) is 0 Å². The smallest absolute Gasteiger partial charge is 0.159 e. The summed E-state index contributed by atoms with van der Waals surface area (Å²) in [6, 6.07) is 7.07. The van der Waals surface area contributed by atoms with Gasteiger partial charge >= 0.3 is 0 Å². The Bertz CT molecular complexity index is 522. The summed E-state index contributed by atoms with van der Waals surface area (Å²) in [5.74, 6) is 0.507. The van der Waals surface area contributed by atoms with E-state index in [1.54, 1.807) is 18.2 Å². The second-order valence-electron chi connectivity index (χ2n) is 3.40. The van der Waals surface area contributed by atoms with E-state index in [0.717, 1.165) is 5.56 Å². The van der Waals surface area contributed by atoms with Crippen LogP contribution < -0.4 is 0 Å². The van der Waals surface area contributed by atoms with Crippen LogP contribution in [0.15, 0.2) is 36.7 Å². The molecule has 0 bridgehead atoms. The van der Waals surface area contributed by atoms with E-state index in [-0.39, 0.29) is 11.5 Å². The minimum atomic E-state index is 0.000582. The number of aromatic hydroxyl groups is 1. The number of hydrogen-bond donors (Lipinski definition) is 1. The van der Waals surface area contributed by atoms with Gasteiger partial charge in [0.1, 0.15) is 0 Å². The summed E-state index contributed by atoms with van der Waals surface area (Å²) in [5, 5.41) is 9.07. The minimum absolute atomic E-state index is 0.000582. The predicted molar refractivity (Wildman–Crippen MR) is 70.5 cm³/mol. The molecule has 1 N–H and O–H groups in total. The lowest BCUT2D eigenvalue weighted by molar-refractivity contribution is 0.101. The summed E-state index contributed by atoms with van der Waals surface area (Å²) in [7, 11) is 0. The first kappa shape index (κ1) is 13.8. The third-order valence-corrected chi connectivity index (χ3v) is 2.17. The molecule has 1 aromatic carbocycles. The van der Waals surface area contributed by atoms with Crippen LogP contribution >= 0.6 is 0 Å². The largest absolute Gasteiger partial charge is 0.505 e. The lowest BCUT2D eigenvalue weighted by atomic mass is 10.1. The van der Waals surface area contributed by atoms with Gasteiger partial charge in [0.2, 0.25) is 0 Å². The molecule has 0 amide bonds. The molecule has 18 heavy (non-hydrogen) atoms. The molecule has 0 aliphatic carbocycles. The lowest BCUT2D eigenvalue weighted by Crippen LogP contribution is -1.93. The van der Waals surface area contributed by atoms with Gasteiger partial charge in [-0.15, -0.1) is 0 Å². The zero-order chi connectivity index (χ0) is 13.5. The second-order valence-corrected chi connectivity index (χ2v) is 3.40. The topological polar surface area (TPSA) is 63.1 Å². The van der Waals surface area contributed by atoms with E-state index in [0.29, 0.717) is 11.4 Å². The monoisotopic (exact) mass is 244 g/mol. The maximum atomic E-state index is 11.2. The van der Waals surface area contributed by atoms with Crippen molar-refractivity contribution >= 4 is 5.78 Å². The van der Waals surface area contributed by atoms with Gasteiger partial charge in [-0.2, -0.15) is 0 Å². The van der Waals surface area contributed by atoms with Crippen molar-refractivity contribution in [3.63, 3.8) is 0 Å². The van der Waals surface area contributed by atoms with Gasteiger partial charge in [0.25, 0.3) is 0 Å². The second kappa shape index (κ2) is 6.49. The highest BCUT2D eigenvalue weighted by atomic mass is 16.3. The molecule has 94 valence electrons. The van der Waals surface area contributed by atoms with Crippen LogP contribution in [0.1, 0.15) is 31.1 Å². The number of carbonyl (C=O) groups excluding carboxylic acids is 1. The van der Waals surface area contributed by atoms with Gasteiger partial charge in [-0.25, -0.2) is 9.97 Å². The van der Waals surface area contributed by atoms with E-state index in [2.05, 4.69) is 9.97 Å². The first-order valence-electron chi connectivity index (χ1n) is 5.79. The highest BCUT2D eigenvalue weighted by Gasteiger charge is 2.04. The van der Waals surface area contributed by atoms with Crippen LogP contribution in [0.25, 0.3) is 11.4 Å². The van der Waals surface area contributed by atoms with Gasteiger partial charge in [-0.05, 0) is 13.0 Å². The highest BCUT2D eigenvalue weighted by molar-refractivity contribution is 5.95. The third kappa shape index (κ3) is 3.38. The van der Waals surface area contributed by atoms with E-state index in [1.807, 2.05) is 19.9 Å². The van der Waals surface area contributed by atoms with Gasteiger partial charge in [0, 0.05) is 11.1 Å². The summed E-state index contributed by atoms with van der Waals surface area (Å²) < 4.78 is 0. The number of benzene rings is 1.